The molecule has 0 aliphatic carbocycles. The maximum atomic E-state index is 13.0. The van der Waals surface area contributed by atoms with Gasteiger partial charge in [0.15, 0.2) is 11.5 Å². The van der Waals surface area contributed by atoms with Gasteiger partial charge in [-0.2, -0.15) is 0 Å². The number of nitro benzene ring substituents is 1. The topological polar surface area (TPSA) is 102 Å². The van der Waals surface area contributed by atoms with Crippen LogP contribution in [0.2, 0.25) is 10.0 Å². The van der Waals surface area contributed by atoms with Crippen molar-refractivity contribution in [3.8, 4) is 11.5 Å². The molecule has 162 valence electrons. The number of carbonyl (C=O) groups is 2. The summed E-state index contributed by atoms with van der Waals surface area (Å²) in [6.45, 7) is 1.58. The lowest BCUT2D eigenvalue weighted by Crippen LogP contribution is -2.50. The summed E-state index contributed by atoms with van der Waals surface area (Å²) in [6.07, 6.45) is 0. The number of benzene rings is 2. The molecular weight excluding hydrogens is 449 g/mol. The van der Waals surface area contributed by atoms with Gasteiger partial charge < -0.3 is 19.3 Å². The van der Waals surface area contributed by atoms with Crippen molar-refractivity contribution in [2.24, 2.45) is 0 Å². The van der Waals surface area contributed by atoms with E-state index in [0.29, 0.717) is 28.0 Å². The van der Waals surface area contributed by atoms with E-state index < -0.39 is 10.8 Å². The Morgan fingerprint density at radius 2 is 1.35 bits per heavy atom. The molecule has 0 aromatic heterocycles. The predicted molar refractivity (Wildman–Crippen MR) is 112 cm³/mol. The van der Waals surface area contributed by atoms with Crippen molar-refractivity contribution >= 4 is 40.7 Å². The lowest BCUT2D eigenvalue weighted by atomic mass is 10.1. The van der Waals surface area contributed by atoms with Crippen molar-refractivity contribution in [2.45, 2.75) is 0 Å². The number of nitrogens with zero attached hydrogens (tertiary/aromatic N) is 3. The fourth-order valence-electron chi connectivity index (χ4n) is 3.54. The molecule has 2 aliphatic heterocycles. The first-order chi connectivity index (χ1) is 14.8. The third kappa shape index (κ3) is 4.38. The van der Waals surface area contributed by atoms with Crippen molar-refractivity contribution < 1.29 is 24.0 Å². The molecule has 2 aromatic rings. The van der Waals surface area contributed by atoms with Crippen LogP contribution in [0.15, 0.2) is 30.3 Å². The van der Waals surface area contributed by atoms with Crippen LogP contribution in [0.3, 0.4) is 0 Å². The monoisotopic (exact) mass is 465 g/mol. The van der Waals surface area contributed by atoms with Crippen LogP contribution in [0.4, 0.5) is 5.69 Å². The molecule has 1 saturated heterocycles. The highest BCUT2D eigenvalue weighted by atomic mass is 35.5. The molecular formula is C20H17Cl2N3O6. The van der Waals surface area contributed by atoms with Crippen LogP contribution in [0.5, 0.6) is 11.5 Å². The molecule has 9 nitrogen and oxygen atoms in total. The van der Waals surface area contributed by atoms with Crippen molar-refractivity contribution in [3.05, 3.63) is 61.6 Å². The highest BCUT2D eigenvalue weighted by Gasteiger charge is 2.32. The van der Waals surface area contributed by atoms with E-state index in [4.69, 9.17) is 32.7 Å². The predicted octanol–water partition coefficient (Wildman–Crippen LogP) is 3.27. The van der Waals surface area contributed by atoms with Crippen LogP contribution in [-0.2, 0) is 0 Å². The van der Waals surface area contributed by atoms with E-state index in [9.17, 15) is 19.7 Å². The summed E-state index contributed by atoms with van der Waals surface area (Å²) in [5.74, 6) is -0.208. The van der Waals surface area contributed by atoms with Crippen LogP contribution in [0, 0.1) is 10.1 Å². The number of nitro groups is 1. The lowest BCUT2D eigenvalue weighted by Gasteiger charge is -2.35. The molecule has 0 unspecified atom stereocenters. The highest BCUT2D eigenvalue weighted by Crippen LogP contribution is 2.37. The standard InChI is InChI=1S/C20H17Cl2N3O6/c21-13-7-12(8-14(22)9-13)19(26)23-1-3-24(4-2-23)20(27)15-10-17-18(31-6-5-30-17)11-16(15)25(28)29/h7-11H,1-6H2. The van der Waals surface area contributed by atoms with Gasteiger partial charge >= 0.3 is 0 Å². The fraction of sp³-hybridized carbons (Fsp3) is 0.300. The molecule has 4 rings (SSSR count). The average molecular weight is 466 g/mol. The second kappa shape index (κ2) is 8.60. The summed E-state index contributed by atoms with van der Waals surface area (Å²) in [4.78, 5) is 39.7. The first kappa shape index (κ1) is 21.2. The normalized spacial score (nSPS) is 15.5. The molecule has 0 spiro atoms. The van der Waals surface area contributed by atoms with E-state index in [0.717, 1.165) is 0 Å². The highest BCUT2D eigenvalue weighted by molar-refractivity contribution is 6.35. The third-order valence-corrected chi connectivity index (χ3v) is 5.49. The largest absolute Gasteiger partial charge is 0.486 e. The number of carbonyl (C=O) groups excluding carboxylic acids is 2. The molecule has 11 heteroatoms. The second-order valence-corrected chi connectivity index (χ2v) is 7.89. The molecule has 0 saturated carbocycles. The summed E-state index contributed by atoms with van der Waals surface area (Å²) >= 11 is 11.9. The van der Waals surface area contributed by atoms with Crippen molar-refractivity contribution in [1.82, 2.24) is 9.80 Å². The Balaban J connectivity index is 1.49. The van der Waals surface area contributed by atoms with E-state index in [1.165, 1.54) is 35.2 Å². The van der Waals surface area contributed by atoms with E-state index in [1.807, 2.05) is 0 Å². The molecule has 1 fully saturated rings. The zero-order valence-electron chi connectivity index (χ0n) is 16.2. The summed E-state index contributed by atoms with van der Waals surface area (Å²) in [5, 5.41) is 12.2. The fourth-order valence-corrected chi connectivity index (χ4v) is 4.07. The van der Waals surface area contributed by atoms with Gasteiger partial charge in [-0.05, 0) is 18.2 Å². The van der Waals surface area contributed by atoms with Gasteiger partial charge in [0, 0.05) is 47.9 Å². The molecule has 2 amide bonds. The Morgan fingerprint density at radius 3 is 1.90 bits per heavy atom. The van der Waals surface area contributed by atoms with Gasteiger partial charge in [0.2, 0.25) is 0 Å². The Kier molecular flexibility index (Phi) is 5.88. The maximum Gasteiger partial charge on any atom is 0.286 e. The number of amides is 2. The number of hydrogen-bond acceptors (Lipinski definition) is 6. The van der Waals surface area contributed by atoms with Crippen molar-refractivity contribution in [3.63, 3.8) is 0 Å². The molecule has 0 atom stereocenters. The van der Waals surface area contributed by atoms with E-state index in [-0.39, 0.29) is 55.7 Å². The summed E-state index contributed by atoms with van der Waals surface area (Å²) < 4.78 is 10.8. The van der Waals surface area contributed by atoms with Gasteiger partial charge in [-0.3, -0.25) is 19.7 Å². The van der Waals surface area contributed by atoms with Crippen molar-refractivity contribution in [2.75, 3.05) is 39.4 Å². The summed E-state index contributed by atoms with van der Waals surface area (Å²) in [7, 11) is 0. The minimum absolute atomic E-state index is 0.0735. The Hall–Kier alpha value is -3.04. The average Bonchev–Trinajstić information content (AvgIpc) is 2.76. The molecule has 31 heavy (non-hydrogen) atoms. The minimum atomic E-state index is -0.617. The molecule has 0 N–H and O–H groups in total. The Labute approximate surface area is 187 Å². The van der Waals surface area contributed by atoms with Gasteiger partial charge in [0.1, 0.15) is 18.8 Å². The quantitative estimate of drug-likeness (QED) is 0.508. The zero-order valence-corrected chi connectivity index (χ0v) is 17.7. The molecule has 0 bridgehead atoms. The Morgan fingerprint density at radius 1 is 0.839 bits per heavy atom. The summed E-state index contributed by atoms with van der Waals surface area (Å²) in [6, 6.07) is 7.17. The van der Waals surface area contributed by atoms with E-state index in [1.54, 1.807) is 4.90 Å². The molecule has 2 aromatic carbocycles. The van der Waals surface area contributed by atoms with Crippen LogP contribution >= 0.6 is 23.2 Å². The molecule has 2 heterocycles. The smallest absolute Gasteiger partial charge is 0.286 e. The maximum absolute atomic E-state index is 13.0. The van der Waals surface area contributed by atoms with E-state index >= 15 is 0 Å². The van der Waals surface area contributed by atoms with E-state index in [2.05, 4.69) is 0 Å². The number of fused-ring (bicyclic) bond motifs is 1. The number of hydrogen-bond donors (Lipinski definition) is 0. The number of halogens is 2. The van der Waals surface area contributed by atoms with Gasteiger partial charge in [0.05, 0.1) is 11.0 Å². The number of ether oxygens (including phenoxy) is 2. The summed E-state index contributed by atoms with van der Waals surface area (Å²) in [5.41, 5.74) is -0.0586. The van der Waals surface area contributed by atoms with Gasteiger partial charge in [-0.25, -0.2) is 0 Å². The Bertz CT molecular complexity index is 1050. The first-order valence-corrected chi connectivity index (χ1v) is 10.2. The van der Waals surface area contributed by atoms with Gasteiger partial charge in [-0.15, -0.1) is 0 Å². The van der Waals surface area contributed by atoms with Gasteiger partial charge in [0.25, 0.3) is 17.5 Å². The second-order valence-electron chi connectivity index (χ2n) is 7.01. The SMILES string of the molecule is O=C(c1cc(Cl)cc(Cl)c1)N1CCN(C(=O)c2cc3c(cc2[N+](=O)[O-])OCCO3)CC1. The minimum Gasteiger partial charge on any atom is -0.486 e. The van der Waals surface area contributed by atoms with Crippen LogP contribution in [-0.4, -0.2) is 65.9 Å². The van der Waals surface area contributed by atoms with Crippen LogP contribution in [0.25, 0.3) is 0 Å². The molecule has 0 radical (unpaired) electrons. The number of rotatable bonds is 3. The van der Waals surface area contributed by atoms with Crippen LogP contribution in [0.1, 0.15) is 20.7 Å². The number of piperazine rings is 1. The zero-order chi connectivity index (χ0) is 22.1. The van der Waals surface area contributed by atoms with Crippen molar-refractivity contribution in [1.29, 1.82) is 0 Å². The van der Waals surface area contributed by atoms with Gasteiger partial charge in [-0.1, -0.05) is 23.2 Å². The third-order valence-electron chi connectivity index (χ3n) is 5.05. The first-order valence-electron chi connectivity index (χ1n) is 9.46. The molecule has 2 aliphatic rings. The lowest BCUT2D eigenvalue weighted by molar-refractivity contribution is -0.385. The van der Waals surface area contributed by atoms with Crippen LogP contribution < -0.4 is 9.47 Å².